The largest absolute Gasteiger partial charge is 0.393 e. The van der Waals surface area contributed by atoms with Gasteiger partial charge in [-0.05, 0) is 0 Å². The molecule has 1 amide bonds. The van der Waals surface area contributed by atoms with Gasteiger partial charge in [-0.2, -0.15) is 0 Å². The quantitative estimate of drug-likeness (QED) is 0.699. The van der Waals surface area contributed by atoms with Crippen LogP contribution in [0.15, 0.2) is 0 Å². The monoisotopic (exact) mass is 202 g/mol. The summed E-state index contributed by atoms with van der Waals surface area (Å²) < 4.78 is 0. The van der Waals surface area contributed by atoms with E-state index in [1.54, 1.807) is 11.9 Å². The van der Waals surface area contributed by atoms with E-state index in [1.807, 2.05) is 20.8 Å². The van der Waals surface area contributed by atoms with E-state index in [4.69, 9.17) is 18.0 Å². The molecular weight excluding hydrogens is 184 g/mol. The fourth-order valence-corrected chi connectivity index (χ4v) is 1.04. The van der Waals surface area contributed by atoms with Crippen LogP contribution in [0.4, 0.5) is 0 Å². The second kappa shape index (κ2) is 4.56. The van der Waals surface area contributed by atoms with Crippen molar-refractivity contribution < 1.29 is 4.79 Å². The first-order chi connectivity index (χ1) is 5.75. The van der Waals surface area contributed by atoms with Gasteiger partial charge < -0.3 is 10.6 Å². The zero-order valence-electron chi connectivity index (χ0n) is 8.76. The molecule has 0 saturated carbocycles. The number of hydrogen-bond donors (Lipinski definition) is 1. The van der Waals surface area contributed by atoms with E-state index < -0.39 is 0 Å². The Balaban J connectivity index is 4.05. The standard InChI is InChI=1S/C9H18N2OS/c1-9(2,3)8(12)11(4)6-5-7(10)13/h5-6H2,1-4H3,(H2,10,13). The van der Waals surface area contributed by atoms with Gasteiger partial charge in [-0.25, -0.2) is 0 Å². The average molecular weight is 202 g/mol. The fourth-order valence-electron chi connectivity index (χ4n) is 0.952. The van der Waals surface area contributed by atoms with Crippen molar-refractivity contribution in [1.82, 2.24) is 4.90 Å². The lowest BCUT2D eigenvalue weighted by atomic mass is 9.95. The van der Waals surface area contributed by atoms with Crippen molar-refractivity contribution in [2.45, 2.75) is 27.2 Å². The van der Waals surface area contributed by atoms with E-state index in [-0.39, 0.29) is 11.3 Å². The van der Waals surface area contributed by atoms with Crippen molar-refractivity contribution in [2.75, 3.05) is 13.6 Å². The maximum Gasteiger partial charge on any atom is 0.227 e. The van der Waals surface area contributed by atoms with Gasteiger partial charge in [0.2, 0.25) is 5.91 Å². The van der Waals surface area contributed by atoms with Gasteiger partial charge >= 0.3 is 0 Å². The van der Waals surface area contributed by atoms with Gasteiger partial charge in [-0.3, -0.25) is 4.79 Å². The molecule has 0 aliphatic heterocycles. The Morgan fingerprint density at radius 1 is 1.46 bits per heavy atom. The molecule has 0 spiro atoms. The lowest BCUT2D eigenvalue weighted by Gasteiger charge is -2.25. The first-order valence-electron chi connectivity index (χ1n) is 4.29. The van der Waals surface area contributed by atoms with E-state index in [9.17, 15) is 4.79 Å². The highest BCUT2D eigenvalue weighted by Gasteiger charge is 2.24. The Hall–Kier alpha value is -0.640. The highest BCUT2D eigenvalue weighted by molar-refractivity contribution is 7.80. The van der Waals surface area contributed by atoms with Gasteiger partial charge in [0.15, 0.2) is 0 Å². The van der Waals surface area contributed by atoms with Crippen molar-refractivity contribution in [2.24, 2.45) is 11.1 Å². The topological polar surface area (TPSA) is 46.3 Å². The average Bonchev–Trinajstić information content (AvgIpc) is 1.96. The molecule has 2 N–H and O–H groups in total. The van der Waals surface area contributed by atoms with Crippen LogP contribution in [0.25, 0.3) is 0 Å². The molecule has 0 saturated heterocycles. The molecule has 0 radical (unpaired) electrons. The summed E-state index contributed by atoms with van der Waals surface area (Å²) in [5.41, 5.74) is 5.02. The Bertz CT molecular complexity index is 208. The van der Waals surface area contributed by atoms with Crippen LogP contribution in [0.5, 0.6) is 0 Å². The molecule has 0 fully saturated rings. The number of nitrogens with zero attached hydrogens (tertiary/aromatic N) is 1. The Kier molecular flexibility index (Phi) is 4.33. The van der Waals surface area contributed by atoms with Crippen LogP contribution in [-0.4, -0.2) is 29.4 Å². The lowest BCUT2D eigenvalue weighted by Crippen LogP contribution is -2.38. The summed E-state index contributed by atoms with van der Waals surface area (Å²) in [6.07, 6.45) is 0.591. The molecule has 13 heavy (non-hydrogen) atoms. The molecule has 0 bridgehead atoms. The maximum atomic E-state index is 11.6. The van der Waals surface area contributed by atoms with Crippen LogP contribution in [0.1, 0.15) is 27.2 Å². The molecule has 0 heterocycles. The van der Waals surface area contributed by atoms with Crippen molar-refractivity contribution in [3.05, 3.63) is 0 Å². The minimum atomic E-state index is -0.328. The molecule has 0 unspecified atom stereocenters. The highest BCUT2D eigenvalue weighted by Crippen LogP contribution is 2.16. The number of carbonyl (C=O) groups excluding carboxylic acids is 1. The molecule has 4 heteroatoms. The fraction of sp³-hybridized carbons (Fsp3) is 0.778. The lowest BCUT2D eigenvalue weighted by molar-refractivity contribution is -0.137. The van der Waals surface area contributed by atoms with Crippen LogP contribution in [0.2, 0.25) is 0 Å². The zero-order chi connectivity index (χ0) is 10.6. The minimum Gasteiger partial charge on any atom is -0.393 e. The van der Waals surface area contributed by atoms with Crippen LogP contribution >= 0.6 is 12.2 Å². The third-order valence-electron chi connectivity index (χ3n) is 1.68. The highest BCUT2D eigenvalue weighted by atomic mass is 32.1. The molecule has 0 aliphatic carbocycles. The van der Waals surface area contributed by atoms with Crippen molar-refractivity contribution >= 4 is 23.1 Å². The van der Waals surface area contributed by atoms with E-state index >= 15 is 0 Å². The number of nitrogens with two attached hydrogens (primary N) is 1. The summed E-state index contributed by atoms with van der Waals surface area (Å²) in [4.78, 5) is 13.7. The molecule has 0 aromatic carbocycles. The number of thiocarbonyl (C=S) groups is 1. The summed E-state index contributed by atoms with van der Waals surface area (Å²) in [5.74, 6) is 0.115. The van der Waals surface area contributed by atoms with Crippen molar-refractivity contribution in [1.29, 1.82) is 0 Å². The van der Waals surface area contributed by atoms with Gasteiger partial charge in [-0.15, -0.1) is 0 Å². The van der Waals surface area contributed by atoms with Gasteiger partial charge in [0.05, 0.1) is 4.99 Å². The summed E-state index contributed by atoms with van der Waals surface area (Å²) in [5, 5.41) is 0. The van der Waals surface area contributed by atoms with Crippen LogP contribution < -0.4 is 5.73 Å². The molecular formula is C9H18N2OS. The maximum absolute atomic E-state index is 11.6. The molecule has 0 atom stereocenters. The van der Waals surface area contributed by atoms with Gasteiger partial charge in [-0.1, -0.05) is 33.0 Å². The summed E-state index contributed by atoms with van der Waals surface area (Å²) in [6, 6.07) is 0. The third-order valence-corrected chi connectivity index (χ3v) is 1.89. The second-order valence-electron chi connectivity index (χ2n) is 4.19. The van der Waals surface area contributed by atoms with Crippen molar-refractivity contribution in [3.63, 3.8) is 0 Å². The van der Waals surface area contributed by atoms with Crippen LogP contribution in [-0.2, 0) is 4.79 Å². The number of rotatable bonds is 3. The van der Waals surface area contributed by atoms with E-state index in [0.717, 1.165) is 0 Å². The number of amides is 1. The van der Waals surface area contributed by atoms with E-state index in [2.05, 4.69) is 0 Å². The molecule has 3 nitrogen and oxygen atoms in total. The van der Waals surface area contributed by atoms with E-state index in [0.29, 0.717) is 18.0 Å². The normalized spacial score (nSPS) is 11.1. The second-order valence-corrected chi connectivity index (χ2v) is 4.72. The number of carbonyl (C=O) groups is 1. The first-order valence-corrected chi connectivity index (χ1v) is 4.70. The smallest absolute Gasteiger partial charge is 0.227 e. The first kappa shape index (κ1) is 12.4. The third kappa shape index (κ3) is 4.83. The Labute approximate surface area is 85.3 Å². The Morgan fingerprint density at radius 3 is 2.23 bits per heavy atom. The molecule has 0 aliphatic rings. The van der Waals surface area contributed by atoms with Gasteiger partial charge in [0.25, 0.3) is 0 Å². The van der Waals surface area contributed by atoms with Crippen LogP contribution in [0, 0.1) is 5.41 Å². The molecule has 0 aromatic rings. The number of hydrogen-bond acceptors (Lipinski definition) is 2. The molecule has 76 valence electrons. The summed E-state index contributed by atoms with van der Waals surface area (Å²) in [7, 11) is 1.77. The SMILES string of the molecule is CN(CCC(N)=S)C(=O)C(C)(C)C. The van der Waals surface area contributed by atoms with E-state index in [1.165, 1.54) is 0 Å². The van der Waals surface area contributed by atoms with Gasteiger partial charge in [0.1, 0.15) is 0 Å². The van der Waals surface area contributed by atoms with Crippen LogP contribution in [0.3, 0.4) is 0 Å². The summed E-state index contributed by atoms with van der Waals surface area (Å²) in [6.45, 7) is 6.29. The predicted octanol–water partition coefficient (Wildman–Crippen LogP) is 1.17. The minimum absolute atomic E-state index is 0.115. The molecule has 0 rings (SSSR count). The molecule has 0 aromatic heterocycles. The summed E-state index contributed by atoms with van der Waals surface area (Å²) >= 11 is 4.73. The zero-order valence-corrected chi connectivity index (χ0v) is 9.57. The predicted molar refractivity (Wildman–Crippen MR) is 58.5 cm³/mol. The van der Waals surface area contributed by atoms with Gasteiger partial charge in [0, 0.05) is 25.4 Å². The Morgan fingerprint density at radius 2 is 1.92 bits per heavy atom. The van der Waals surface area contributed by atoms with Crippen molar-refractivity contribution in [3.8, 4) is 0 Å².